The molecule has 1 N–H and O–H groups in total. The summed E-state index contributed by atoms with van der Waals surface area (Å²) in [6, 6.07) is 10.8. The monoisotopic (exact) mass is 430 g/mol. The molecule has 1 fully saturated rings. The van der Waals surface area contributed by atoms with Crippen LogP contribution in [0.25, 0.3) is 0 Å². The van der Waals surface area contributed by atoms with Crippen LogP contribution in [-0.2, 0) is 11.3 Å². The molecule has 0 bridgehead atoms. The highest BCUT2D eigenvalue weighted by Gasteiger charge is 2.32. The Labute approximate surface area is 181 Å². The first kappa shape index (κ1) is 22.6. The van der Waals surface area contributed by atoms with Gasteiger partial charge in [-0.3, -0.25) is 9.69 Å². The van der Waals surface area contributed by atoms with Crippen molar-refractivity contribution in [2.24, 2.45) is 0 Å². The Morgan fingerprint density at radius 3 is 2.42 bits per heavy atom. The number of methoxy groups -OCH3 is 1. The van der Waals surface area contributed by atoms with Gasteiger partial charge in [0.1, 0.15) is 5.82 Å². The Kier molecular flexibility index (Phi) is 7.12. The molecule has 1 aliphatic heterocycles. The third kappa shape index (κ3) is 5.52. The van der Waals surface area contributed by atoms with Crippen LogP contribution in [0.2, 0.25) is 0 Å². The molecule has 1 heterocycles. The van der Waals surface area contributed by atoms with Crippen LogP contribution in [0, 0.1) is 5.82 Å². The van der Waals surface area contributed by atoms with E-state index in [1.54, 1.807) is 17.0 Å². The number of carbonyl (C=O) groups is 2. The van der Waals surface area contributed by atoms with Gasteiger partial charge in [0.15, 0.2) is 18.1 Å². The van der Waals surface area contributed by atoms with Crippen LogP contribution >= 0.6 is 0 Å². The van der Waals surface area contributed by atoms with E-state index in [9.17, 15) is 14.0 Å². The zero-order chi connectivity index (χ0) is 22.5. The molecule has 0 aliphatic carbocycles. The van der Waals surface area contributed by atoms with Crippen molar-refractivity contribution in [3.63, 3.8) is 0 Å². The molecule has 0 radical (unpaired) electrons. The van der Waals surface area contributed by atoms with Crippen molar-refractivity contribution in [2.45, 2.75) is 32.5 Å². The first-order valence-corrected chi connectivity index (χ1v) is 10.1. The normalized spacial score (nSPS) is 19.2. The van der Waals surface area contributed by atoms with Gasteiger partial charge in [-0.1, -0.05) is 12.1 Å². The van der Waals surface area contributed by atoms with Gasteiger partial charge in [-0.2, -0.15) is 0 Å². The molecule has 8 heteroatoms. The number of rotatable bonds is 7. The number of carboxylic acids is 1. The van der Waals surface area contributed by atoms with Crippen molar-refractivity contribution in [1.29, 1.82) is 0 Å². The van der Waals surface area contributed by atoms with E-state index in [2.05, 4.69) is 11.8 Å². The van der Waals surface area contributed by atoms with Gasteiger partial charge in [0.05, 0.1) is 12.7 Å². The molecule has 7 nitrogen and oxygen atoms in total. The highest BCUT2D eigenvalue weighted by molar-refractivity contribution is 5.88. The lowest BCUT2D eigenvalue weighted by Gasteiger charge is -2.44. The summed E-state index contributed by atoms with van der Waals surface area (Å²) in [5, 5.41) is 9.17. The minimum absolute atomic E-state index is 0.0278. The minimum atomic E-state index is -1.08. The van der Waals surface area contributed by atoms with Gasteiger partial charge in [-0.15, -0.1) is 0 Å². The van der Waals surface area contributed by atoms with E-state index in [-0.39, 0.29) is 41.7 Å². The van der Waals surface area contributed by atoms with Gasteiger partial charge < -0.3 is 19.5 Å². The molecule has 31 heavy (non-hydrogen) atoms. The van der Waals surface area contributed by atoms with Gasteiger partial charge in [0.2, 0.25) is 0 Å². The molecule has 0 spiro atoms. The van der Waals surface area contributed by atoms with E-state index in [0.29, 0.717) is 25.4 Å². The Balaban J connectivity index is 1.61. The van der Waals surface area contributed by atoms with Crippen molar-refractivity contribution >= 4 is 11.9 Å². The number of hydrogen-bond donors (Lipinski definition) is 1. The van der Waals surface area contributed by atoms with Gasteiger partial charge in [0.25, 0.3) is 5.91 Å². The molecule has 2 aromatic carbocycles. The Morgan fingerprint density at radius 2 is 1.77 bits per heavy atom. The zero-order valence-corrected chi connectivity index (χ0v) is 17.9. The van der Waals surface area contributed by atoms with E-state index in [4.69, 9.17) is 14.6 Å². The molecular formula is C23H27FN2O5. The molecule has 166 valence electrons. The summed E-state index contributed by atoms with van der Waals surface area (Å²) >= 11 is 0. The van der Waals surface area contributed by atoms with Crippen LogP contribution in [0.3, 0.4) is 0 Å². The predicted molar refractivity (Wildman–Crippen MR) is 113 cm³/mol. The van der Waals surface area contributed by atoms with Crippen molar-refractivity contribution in [3.8, 4) is 11.5 Å². The van der Waals surface area contributed by atoms with E-state index in [1.165, 1.54) is 37.4 Å². The average Bonchev–Trinajstić information content (AvgIpc) is 2.75. The number of halogens is 1. The highest BCUT2D eigenvalue weighted by Crippen LogP contribution is 2.28. The number of amides is 1. The first-order valence-electron chi connectivity index (χ1n) is 10.1. The Morgan fingerprint density at radius 1 is 1.06 bits per heavy atom. The maximum absolute atomic E-state index is 13.1. The van der Waals surface area contributed by atoms with E-state index in [0.717, 1.165) is 5.56 Å². The second-order valence-corrected chi connectivity index (χ2v) is 7.76. The summed E-state index contributed by atoms with van der Waals surface area (Å²) in [4.78, 5) is 28.1. The van der Waals surface area contributed by atoms with Crippen molar-refractivity contribution in [1.82, 2.24) is 9.80 Å². The molecule has 1 amide bonds. The third-order valence-corrected chi connectivity index (χ3v) is 5.50. The van der Waals surface area contributed by atoms with Crippen LogP contribution in [0.4, 0.5) is 4.39 Å². The molecule has 2 atom stereocenters. The quantitative estimate of drug-likeness (QED) is 0.728. The van der Waals surface area contributed by atoms with Gasteiger partial charge >= 0.3 is 5.97 Å². The minimum Gasteiger partial charge on any atom is -0.493 e. The number of hydrogen-bond acceptors (Lipinski definition) is 5. The Bertz CT molecular complexity index is 934. The molecule has 2 unspecified atom stereocenters. The fourth-order valence-electron chi connectivity index (χ4n) is 3.74. The topological polar surface area (TPSA) is 79.3 Å². The van der Waals surface area contributed by atoms with Gasteiger partial charge in [-0.25, -0.2) is 9.18 Å². The predicted octanol–water partition coefficient (Wildman–Crippen LogP) is 3.03. The first-order chi connectivity index (χ1) is 14.8. The van der Waals surface area contributed by atoms with E-state index >= 15 is 0 Å². The van der Waals surface area contributed by atoms with Crippen LogP contribution in [0.15, 0.2) is 42.5 Å². The van der Waals surface area contributed by atoms with E-state index < -0.39 is 5.97 Å². The van der Waals surface area contributed by atoms with Gasteiger partial charge in [-0.05, 0) is 49.7 Å². The molecule has 2 aromatic rings. The molecule has 0 saturated carbocycles. The molecule has 0 aromatic heterocycles. The lowest BCUT2D eigenvalue weighted by molar-refractivity contribution is -0.139. The van der Waals surface area contributed by atoms with Crippen LogP contribution < -0.4 is 9.47 Å². The molecule has 1 aliphatic rings. The molecule has 1 saturated heterocycles. The third-order valence-electron chi connectivity index (χ3n) is 5.50. The second kappa shape index (κ2) is 9.78. The maximum atomic E-state index is 13.1. The fourth-order valence-corrected chi connectivity index (χ4v) is 3.74. The van der Waals surface area contributed by atoms with Crippen molar-refractivity contribution in [3.05, 3.63) is 59.4 Å². The second-order valence-electron chi connectivity index (χ2n) is 7.76. The van der Waals surface area contributed by atoms with Crippen LogP contribution in [0.1, 0.15) is 29.8 Å². The number of ether oxygens (including phenoxy) is 2. The smallest absolute Gasteiger partial charge is 0.335 e. The summed E-state index contributed by atoms with van der Waals surface area (Å²) in [7, 11) is 1.45. The number of nitrogens with zero attached hydrogens (tertiary/aromatic N) is 2. The van der Waals surface area contributed by atoms with Crippen molar-refractivity contribution < 1.29 is 28.6 Å². The molecular weight excluding hydrogens is 403 g/mol. The number of aromatic carboxylic acids is 1. The number of piperazine rings is 1. The summed E-state index contributed by atoms with van der Waals surface area (Å²) in [5.74, 6) is -0.942. The summed E-state index contributed by atoms with van der Waals surface area (Å²) < 4.78 is 24.0. The summed E-state index contributed by atoms with van der Waals surface area (Å²) in [6.07, 6.45) is 0. The lowest BCUT2D eigenvalue weighted by Crippen LogP contribution is -2.58. The lowest BCUT2D eigenvalue weighted by atomic mass is 10.1. The van der Waals surface area contributed by atoms with Gasteiger partial charge in [0, 0.05) is 31.7 Å². The zero-order valence-electron chi connectivity index (χ0n) is 17.9. The van der Waals surface area contributed by atoms with E-state index in [1.807, 2.05) is 6.92 Å². The summed E-state index contributed by atoms with van der Waals surface area (Å²) in [6.45, 7) is 5.72. The standard InChI is InChI=1S/C23H27FN2O5/c1-15-12-26(16(2)11-25(15)13-17-4-7-19(24)8-5-17)22(27)14-31-21-10-18(23(28)29)6-9-20(21)30-3/h4-10,15-16H,11-14H2,1-3H3,(H,28,29). The SMILES string of the molecule is COc1ccc(C(=O)O)cc1OCC(=O)N1CC(C)N(Cc2ccc(F)cc2)CC1C. The largest absolute Gasteiger partial charge is 0.493 e. The number of carbonyl (C=O) groups excluding carboxylic acids is 1. The van der Waals surface area contributed by atoms with Crippen LogP contribution in [-0.4, -0.2) is 65.7 Å². The molecule has 3 rings (SSSR count). The highest BCUT2D eigenvalue weighted by atomic mass is 19.1. The fraction of sp³-hybridized carbons (Fsp3) is 0.391. The maximum Gasteiger partial charge on any atom is 0.335 e. The van der Waals surface area contributed by atoms with Crippen LogP contribution in [0.5, 0.6) is 11.5 Å². The van der Waals surface area contributed by atoms with Crippen molar-refractivity contribution in [2.75, 3.05) is 26.8 Å². The number of carboxylic acid groups (broad SMARTS) is 1. The average molecular weight is 430 g/mol. The Hall–Kier alpha value is -3.13. The number of benzene rings is 2. The summed E-state index contributed by atoms with van der Waals surface area (Å²) in [5.41, 5.74) is 1.08.